The molecule has 0 aliphatic rings. The van der Waals surface area contributed by atoms with Crippen LogP contribution < -0.4 is 5.32 Å². The van der Waals surface area contributed by atoms with Gasteiger partial charge in [0.05, 0.1) is 22.0 Å². The van der Waals surface area contributed by atoms with E-state index in [-0.39, 0.29) is 28.4 Å². The van der Waals surface area contributed by atoms with Crippen LogP contribution in [-0.4, -0.2) is 23.4 Å². The van der Waals surface area contributed by atoms with Gasteiger partial charge in [0, 0.05) is 15.8 Å². The molecule has 0 spiro atoms. The summed E-state index contributed by atoms with van der Waals surface area (Å²) in [6.07, 6.45) is 1.28. The Morgan fingerprint density at radius 2 is 1.89 bits per heavy atom. The molecule has 0 saturated heterocycles. The first-order valence-corrected chi connectivity index (χ1v) is 12.5. The van der Waals surface area contributed by atoms with Crippen molar-refractivity contribution in [3.05, 3.63) is 85.3 Å². The summed E-state index contributed by atoms with van der Waals surface area (Å²) in [5.74, 6) is -1.29. The number of hydrogen-bond acceptors (Lipinski definition) is 8. The molecule has 1 aromatic heterocycles. The predicted octanol–water partition coefficient (Wildman–Crippen LogP) is 6.46. The molecule has 0 fully saturated rings. The van der Waals surface area contributed by atoms with E-state index in [9.17, 15) is 25.0 Å². The number of rotatable bonds is 8. The zero-order chi connectivity index (χ0) is 26.4. The number of aryl methyl sites for hydroxylation is 2. The molecular weight excluding hydrogens is 498 g/mol. The van der Waals surface area contributed by atoms with Crippen LogP contribution in [0.15, 0.2) is 57.8 Å². The summed E-state index contributed by atoms with van der Waals surface area (Å²) < 4.78 is 5.09. The van der Waals surface area contributed by atoms with Crippen molar-refractivity contribution in [2.45, 2.75) is 37.5 Å². The lowest BCUT2D eigenvalue weighted by molar-refractivity contribution is -0.387. The number of benzene rings is 2. The Bertz CT molecular complexity index is 1400. The van der Waals surface area contributed by atoms with Crippen molar-refractivity contribution in [1.29, 1.82) is 5.26 Å². The fourth-order valence-corrected chi connectivity index (χ4v) is 5.18. The van der Waals surface area contributed by atoms with E-state index in [1.165, 1.54) is 35.2 Å². The van der Waals surface area contributed by atoms with E-state index in [2.05, 4.69) is 5.32 Å². The van der Waals surface area contributed by atoms with Gasteiger partial charge in [0.15, 0.2) is 0 Å². The van der Waals surface area contributed by atoms with Crippen molar-refractivity contribution in [3.63, 3.8) is 0 Å². The van der Waals surface area contributed by atoms with Crippen molar-refractivity contribution in [2.75, 3.05) is 11.9 Å². The molecule has 0 bridgehead atoms. The van der Waals surface area contributed by atoms with Crippen molar-refractivity contribution in [3.8, 4) is 6.07 Å². The molecule has 0 radical (unpaired) electrons. The van der Waals surface area contributed by atoms with Crippen LogP contribution in [0.5, 0.6) is 0 Å². The minimum absolute atomic E-state index is 0.138. The number of nitro benzene ring substituents is 1. The average Bonchev–Trinajstić information content (AvgIpc) is 3.12. The number of amides is 1. The minimum Gasteiger partial charge on any atom is -0.462 e. The molecule has 0 atom stereocenters. The van der Waals surface area contributed by atoms with Crippen molar-refractivity contribution in [2.24, 2.45) is 0 Å². The van der Waals surface area contributed by atoms with Gasteiger partial charge in [-0.1, -0.05) is 35.5 Å². The quantitative estimate of drug-likeness (QED) is 0.119. The summed E-state index contributed by atoms with van der Waals surface area (Å²) in [6, 6.07) is 14.0. The van der Waals surface area contributed by atoms with Crippen LogP contribution in [0.4, 0.5) is 10.7 Å². The second kappa shape index (κ2) is 11.7. The largest absolute Gasteiger partial charge is 0.462 e. The molecular formula is C26H23N3O5S2. The van der Waals surface area contributed by atoms with Crippen LogP contribution in [0, 0.1) is 42.2 Å². The van der Waals surface area contributed by atoms with E-state index in [1.807, 2.05) is 44.2 Å². The van der Waals surface area contributed by atoms with Gasteiger partial charge in [-0.3, -0.25) is 14.9 Å². The van der Waals surface area contributed by atoms with Gasteiger partial charge in [0.25, 0.3) is 11.6 Å². The second-order valence-corrected chi connectivity index (χ2v) is 10.1. The standard InChI is InChI=1S/C26H23N3O5S2/c1-5-34-26(31)23-16(3)17(4)35-25(23)28-24(30)19(14-27)12-18-8-11-22(21(13-18)29(32)33)36-20-9-6-15(2)7-10-20/h6-13H,5H2,1-4H3,(H,28,30). The van der Waals surface area contributed by atoms with Crippen LogP contribution in [0.25, 0.3) is 6.08 Å². The first kappa shape index (κ1) is 26.7. The summed E-state index contributed by atoms with van der Waals surface area (Å²) in [4.78, 5) is 38.6. The molecule has 1 heterocycles. The number of carbonyl (C=O) groups excluding carboxylic acids is 2. The van der Waals surface area contributed by atoms with Gasteiger partial charge < -0.3 is 10.1 Å². The number of nitrogens with one attached hydrogen (secondary N) is 1. The molecule has 3 aromatic rings. The Labute approximate surface area is 216 Å². The van der Waals surface area contributed by atoms with Gasteiger partial charge in [-0.15, -0.1) is 11.3 Å². The van der Waals surface area contributed by atoms with Crippen LogP contribution in [0.3, 0.4) is 0 Å². The fourth-order valence-electron chi connectivity index (χ4n) is 3.24. The van der Waals surface area contributed by atoms with E-state index < -0.39 is 16.8 Å². The van der Waals surface area contributed by atoms with Crippen molar-refractivity contribution in [1.82, 2.24) is 0 Å². The smallest absolute Gasteiger partial charge is 0.341 e. The molecule has 184 valence electrons. The minimum atomic E-state index is -0.731. The van der Waals surface area contributed by atoms with E-state index in [0.29, 0.717) is 16.0 Å². The van der Waals surface area contributed by atoms with E-state index in [4.69, 9.17) is 4.74 Å². The van der Waals surface area contributed by atoms with Crippen molar-refractivity contribution >= 4 is 51.7 Å². The number of hydrogen-bond donors (Lipinski definition) is 1. The third-order valence-corrected chi connectivity index (χ3v) is 7.39. The molecule has 0 aliphatic heterocycles. The summed E-state index contributed by atoms with van der Waals surface area (Å²) in [5, 5.41) is 24.2. The van der Waals surface area contributed by atoms with Crippen LogP contribution in [0.2, 0.25) is 0 Å². The molecule has 1 amide bonds. The van der Waals surface area contributed by atoms with E-state index in [0.717, 1.165) is 15.3 Å². The Balaban J connectivity index is 1.89. The Morgan fingerprint density at radius 1 is 1.19 bits per heavy atom. The third-order valence-electron chi connectivity index (χ3n) is 5.20. The Hall–Kier alpha value is -3.94. The number of anilines is 1. The average molecular weight is 522 g/mol. The third kappa shape index (κ3) is 6.19. The van der Waals surface area contributed by atoms with Crippen LogP contribution in [-0.2, 0) is 9.53 Å². The second-order valence-electron chi connectivity index (χ2n) is 7.73. The number of esters is 1. The molecule has 8 nitrogen and oxygen atoms in total. The zero-order valence-corrected chi connectivity index (χ0v) is 21.7. The number of nitrogens with zero attached hydrogens (tertiary/aromatic N) is 2. The lowest BCUT2D eigenvalue weighted by Gasteiger charge is -2.07. The molecule has 0 saturated carbocycles. The number of carbonyl (C=O) groups is 2. The topological polar surface area (TPSA) is 122 Å². The maximum absolute atomic E-state index is 12.9. The van der Waals surface area contributed by atoms with Gasteiger partial charge >= 0.3 is 5.97 Å². The highest BCUT2D eigenvalue weighted by atomic mass is 32.2. The van der Waals surface area contributed by atoms with Gasteiger partial charge in [-0.25, -0.2) is 4.79 Å². The number of nitriles is 1. The molecule has 10 heteroatoms. The highest BCUT2D eigenvalue weighted by Crippen LogP contribution is 2.36. The maximum atomic E-state index is 12.9. The van der Waals surface area contributed by atoms with Crippen molar-refractivity contribution < 1.29 is 19.2 Å². The first-order valence-electron chi connectivity index (χ1n) is 10.9. The molecule has 1 N–H and O–H groups in total. The van der Waals surface area contributed by atoms with Gasteiger partial charge in [-0.05, 0) is 63.1 Å². The first-order chi connectivity index (χ1) is 17.1. The monoisotopic (exact) mass is 521 g/mol. The van der Waals surface area contributed by atoms with Gasteiger partial charge in [-0.2, -0.15) is 5.26 Å². The molecule has 0 aliphatic carbocycles. The summed E-state index contributed by atoms with van der Waals surface area (Å²) >= 11 is 2.46. The zero-order valence-electron chi connectivity index (χ0n) is 20.1. The predicted molar refractivity (Wildman–Crippen MR) is 140 cm³/mol. The van der Waals surface area contributed by atoms with Gasteiger partial charge in [0.1, 0.15) is 16.6 Å². The van der Waals surface area contributed by atoms with E-state index >= 15 is 0 Å². The fraction of sp³-hybridized carbons (Fsp3) is 0.192. The molecule has 2 aromatic carbocycles. The Morgan fingerprint density at radius 3 is 2.50 bits per heavy atom. The lowest BCUT2D eigenvalue weighted by atomic mass is 10.1. The molecule has 36 heavy (non-hydrogen) atoms. The summed E-state index contributed by atoms with van der Waals surface area (Å²) in [6.45, 7) is 7.39. The SMILES string of the molecule is CCOC(=O)c1c(NC(=O)C(C#N)=Cc2ccc(Sc3ccc(C)cc3)c([N+](=O)[O-])c2)sc(C)c1C. The number of thiophene rings is 1. The highest BCUT2D eigenvalue weighted by Gasteiger charge is 2.23. The maximum Gasteiger partial charge on any atom is 0.341 e. The highest BCUT2D eigenvalue weighted by molar-refractivity contribution is 7.99. The van der Waals surface area contributed by atoms with E-state index in [1.54, 1.807) is 26.0 Å². The number of ether oxygens (including phenoxy) is 1. The lowest BCUT2D eigenvalue weighted by Crippen LogP contribution is -2.16. The van der Waals surface area contributed by atoms with Crippen LogP contribution in [0.1, 0.15) is 38.8 Å². The van der Waals surface area contributed by atoms with Crippen LogP contribution >= 0.6 is 23.1 Å². The number of nitro groups is 1. The summed E-state index contributed by atoms with van der Waals surface area (Å²) in [5.41, 5.74) is 1.94. The Kier molecular flexibility index (Phi) is 8.64. The summed E-state index contributed by atoms with van der Waals surface area (Å²) in [7, 11) is 0. The molecule has 3 rings (SSSR count). The normalized spacial score (nSPS) is 11.0. The molecule has 0 unspecified atom stereocenters. The van der Waals surface area contributed by atoms with Gasteiger partial charge in [0.2, 0.25) is 0 Å².